The fourth-order valence-corrected chi connectivity index (χ4v) is 2.14. The molecule has 1 aliphatic rings. The number of hydrogen-bond donors (Lipinski definition) is 1. The van der Waals surface area contributed by atoms with Gasteiger partial charge in [-0.3, -0.25) is 4.79 Å². The van der Waals surface area contributed by atoms with Gasteiger partial charge in [0.05, 0.1) is 13.2 Å². The molecule has 0 spiro atoms. The SMILES string of the molecule is O=c1[nH]c2ccccc2c2c1COCC2. The monoisotopic (exact) mass is 201 g/mol. The fourth-order valence-electron chi connectivity index (χ4n) is 2.14. The van der Waals surface area contributed by atoms with Crippen molar-refractivity contribution in [3.63, 3.8) is 0 Å². The third kappa shape index (κ3) is 1.27. The van der Waals surface area contributed by atoms with Crippen molar-refractivity contribution in [2.75, 3.05) is 6.61 Å². The Morgan fingerprint density at radius 2 is 2.07 bits per heavy atom. The molecular weight excluding hydrogens is 190 g/mol. The van der Waals surface area contributed by atoms with Gasteiger partial charge in [0.15, 0.2) is 0 Å². The third-order valence-electron chi connectivity index (χ3n) is 2.88. The van der Waals surface area contributed by atoms with E-state index in [-0.39, 0.29) is 5.56 Å². The van der Waals surface area contributed by atoms with E-state index in [1.54, 1.807) is 0 Å². The molecule has 0 bridgehead atoms. The zero-order valence-corrected chi connectivity index (χ0v) is 8.25. The number of para-hydroxylation sites is 1. The molecule has 0 atom stereocenters. The second kappa shape index (κ2) is 3.21. The molecule has 76 valence electrons. The van der Waals surface area contributed by atoms with Crippen molar-refractivity contribution in [2.45, 2.75) is 13.0 Å². The van der Waals surface area contributed by atoms with Crippen LogP contribution in [0.4, 0.5) is 0 Å². The average molecular weight is 201 g/mol. The predicted octanol–water partition coefficient (Wildman–Crippen LogP) is 1.60. The molecule has 0 saturated heterocycles. The van der Waals surface area contributed by atoms with Gasteiger partial charge in [0.2, 0.25) is 0 Å². The fraction of sp³-hybridized carbons (Fsp3) is 0.250. The number of nitrogens with one attached hydrogen (secondary N) is 1. The van der Waals surface area contributed by atoms with E-state index in [9.17, 15) is 4.79 Å². The highest BCUT2D eigenvalue weighted by atomic mass is 16.5. The summed E-state index contributed by atoms with van der Waals surface area (Å²) in [4.78, 5) is 14.6. The number of benzene rings is 1. The first-order chi connectivity index (χ1) is 7.36. The van der Waals surface area contributed by atoms with Gasteiger partial charge in [0, 0.05) is 16.5 Å². The van der Waals surface area contributed by atoms with Crippen molar-refractivity contribution < 1.29 is 4.74 Å². The normalized spacial score (nSPS) is 15.2. The maximum Gasteiger partial charge on any atom is 0.254 e. The summed E-state index contributed by atoms with van der Waals surface area (Å²) in [5.74, 6) is 0. The van der Waals surface area contributed by atoms with Crippen LogP contribution in [0.1, 0.15) is 11.1 Å². The molecule has 3 nitrogen and oxygen atoms in total. The number of aromatic amines is 1. The Morgan fingerprint density at radius 3 is 3.00 bits per heavy atom. The molecule has 1 aromatic heterocycles. The highest BCUT2D eigenvalue weighted by Crippen LogP contribution is 2.21. The summed E-state index contributed by atoms with van der Waals surface area (Å²) in [6.45, 7) is 1.15. The zero-order valence-electron chi connectivity index (χ0n) is 8.25. The van der Waals surface area contributed by atoms with E-state index in [1.165, 1.54) is 0 Å². The number of H-pyrrole nitrogens is 1. The van der Waals surface area contributed by atoms with Gasteiger partial charge in [0.25, 0.3) is 5.56 Å². The predicted molar refractivity (Wildman–Crippen MR) is 57.9 cm³/mol. The lowest BCUT2D eigenvalue weighted by Gasteiger charge is -2.17. The number of ether oxygens (including phenoxy) is 1. The molecule has 0 aliphatic carbocycles. The van der Waals surface area contributed by atoms with E-state index >= 15 is 0 Å². The standard InChI is InChI=1S/C12H11NO2/c14-12-10-7-15-6-5-8(10)9-3-1-2-4-11(9)13-12/h1-4H,5-7H2,(H,13,14). The second-order valence-corrected chi connectivity index (χ2v) is 3.76. The van der Waals surface area contributed by atoms with Gasteiger partial charge in [-0.1, -0.05) is 18.2 Å². The van der Waals surface area contributed by atoms with Crippen LogP contribution in [-0.4, -0.2) is 11.6 Å². The summed E-state index contributed by atoms with van der Waals surface area (Å²) in [7, 11) is 0. The Morgan fingerprint density at radius 1 is 1.20 bits per heavy atom. The highest BCUT2D eigenvalue weighted by Gasteiger charge is 2.15. The van der Waals surface area contributed by atoms with Crippen LogP contribution in [0.15, 0.2) is 29.1 Å². The lowest BCUT2D eigenvalue weighted by molar-refractivity contribution is 0.110. The van der Waals surface area contributed by atoms with E-state index in [1.807, 2.05) is 18.2 Å². The molecular formula is C12H11NO2. The third-order valence-corrected chi connectivity index (χ3v) is 2.88. The largest absolute Gasteiger partial charge is 0.376 e. The molecule has 0 radical (unpaired) electrons. The Labute approximate surface area is 86.7 Å². The summed E-state index contributed by atoms with van der Waals surface area (Å²) < 4.78 is 5.31. The van der Waals surface area contributed by atoms with Crippen molar-refractivity contribution in [2.24, 2.45) is 0 Å². The molecule has 0 saturated carbocycles. The molecule has 1 aromatic carbocycles. The first-order valence-corrected chi connectivity index (χ1v) is 5.07. The van der Waals surface area contributed by atoms with E-state index in [0.717, 1.165) is 28.5 Å². The minimum Gasteiger partial charge on any atom is -0.376 e. The van der Waals surface area contributed by atoms with E-state index in [2.05, 4.69) is 11.1 Å². The first-order valence-electron chi connectivity index (χ1n) is 5.07. The van der Waals surface area contributed by atoms with Crippen LogP contribution >= 0.6 is 0 Å². The van der Waals surface area contributed by atoms with E-state index in [4.69, 9.17) is 4.74 Å². The summed E-state index contributed by atoms with van der Waals surface area (Å²) >= 11 is 0. The summed E-state index contributed by atoms with van der Waals surface area (Å²) in [5.41, 5.74) is 2.85. The molecule has 1 aliphatic heterocycles. The topological polar surface area (TPSA) is 42.1 Å². The lowest BCUT2D eigenvalue weighted by Crippen LogP contribution is -2.22. The number of fused-ring (bicyclic) bond motifs is 3. The average Bonchev–Trinajstić information content (AvgIpc) is 2.30. The van der Waals surface area contributed by atoms with Crippen molar-refractivity contribution >= 4 is 10.9 Å². The number of hydrogen-bond acceptors (Lipinski definition) is 2. The van der Waals surface area contributed by atoms with E-state index < -0.39 is 0 Å². The number of aromatic nitrogens is 1. The zero-order chi connectivity index (χ0) is 10.3. The Bertz CT molecular complexity index is 571. The molecule has 2 heterocycles. The molecule has 0 amide bonds. The van der Waals surface area contributed by atoms with Gasteiger partial charge in [0.1, 0.15) is 0 Å². The molecule has 2 aromatic rings. The maximum absolute atomic E-state index is 11.7. The van der Waals surface area contributed by atoms with Crippen molar-refractivity contribution in [1.29, 1.82) is 0 Å². The highest BCUT2D eigenvalue weighted by molar-refractivity contribution is 5.83. The molecule has 1 N–H and O–H groups in total. The van der Waals surface area contributed by atoms with Gasteiger partial charge in [-0.25, -0.2) is 0 Å². The second-order valence-electron chi connectivity index (χ2n) is 3.76. The molecule has 3 heteroatoms. The van der Waals surface area contributed by atoms with Gasteiger partial charge < -0.3 is 9.72 Å². The smallest absolute Gasteiger partial charge is 0.254 e. The van der Waals surface area contributed by atoms with Gasteiger partial charge in [-0.2, -0.15) is 0 Å². The van der Waals surface area contributed by atoms with Crippen molar-refractivity contribution in [3.8, 4) is 0 Å². The van der Waals surface area contributed by atoms with Gasteiger partial charge >= 0.3 is 0 Å². The van der Waals surface area contributed by atoms with Crippen LogP contribution in [0.5, 0.6) is 0 Å². The summed E-state index contributed by atoms with van der Waals surface area (Å²) in [5, 5.41) is 1.15. The van der Waals surface area contributed by atoms with Crippen LogP contribution < -0.4 is 5.56 Å². The van der Waals surface area contributed by atoms with Crippen LogP contribution in [0.2, 0.25) is 0 Å². The van der Waals surface area contributed by atoms with E-state index in [0.29, 0.717) is 13.2 Å². The Kier molecular flexibility index (Phi) is 1.86. The number of rotatable bonds is 0. The van der Waals surface area contributed by atoms with Crippen LogP contribution in [0.25, 0.3) is 10.9 Å². The van der Waals surface area contributed by atoms with Crippen LogP contribution in [0.3, 0.4) is 0 Å². The first kappa shape index (κ1) is 8.68. The molecule has 3 rings (SSSR count). The van der Waals surface area contributed by atoms with Gasteiger partial charge in [-0.05, 0) is 18.1 Å². The van der Waals surface area contributed by atoms with Crippen molar-refractivity contribution in [3.05, 3.63) is 45.7 Å². The quantitative estimate of drug-likeness (QED) is 0.703. The van der Waals surface area contributed by atoms with Crippen LogP contribution in [-0.2, 0) is 17.8 Å². The Hall–Kier alpha value is -1.61. The van der Waals surface area contributed by atoms with Crippen molar-refractivity contribution in [1.82, 2.24) is 4.98 Å². The summed E-state index contributed by atoms with van der Waals surface area (Å²) in [6, 6.07) is 7.92. The Balaban J connectivity index is 2.44. The minimum absolute atomic E-state index is 0.0107. The van der Waals surface area contributed by atoms with Gasteiger partial charge in [-0.15, -0.1) is 0 Å². The number of pyridine rings is 1. The van der Waals surface area contributed by atoms with Crippen LogP contribution in [0, 0.1) is 0 Å². The molecule has 15 heavy (non-hydrogen) atoms. The molecule has 0 fully saturated rings. The minimum atomic E-state index is -0.0107. The molecule has 0 unspecified atom stereocenters. The maximum atomic E-state index is 11.7. The lowest BCUT2D eigenvalue weighted by atomic mass is 10.00. The summed E-state index contributed by atoms with van der Waals surface area (Å²) in [6.07, 6.45) is 0.833.